The Balaban J connectivity index is 2.12. The van der Waals surface area contributed by atoms with Crippen LogP contribution >= 0.6 is 11.6 Å². The van der Waals surface area contributed by atoms with Gasteiger partial charge in [-0.1, -0.05) is 18.5 Å². The summed E-state index contributed by atoms with van der Waals surface area (Å²) >= 11 is 6.37. The molecule has 13 heteroatoms. The third-order valence-corrected chi connectivity index (χ3v) is 5.74. The van der Waals surface area contributed by atoms with Crippen molar-refractivity contribution in [1.82, 2.24) is 15.2 Å². The SMILES string of the molecule is CCC(C)N1C=NN2C(=N[C@@H](C)C(F)(F)F)C(c3c(F)cc(OCCCF)cc3F)=C(Cl)NC21. The Morgan fingerprint density at radius 2 is 1.88 bits per heavy atom. The summed E-state index contributed by atoms with van der Waals surface area (Å²) in [5, 5.41) is 7.80. The summed E-state index contributed by atoms with van der Waals surface area (Å²) < 4.78 is 87.6. The smallest absolute Gasteiger partial charge is 0.410 e. The lowest BCUT2D eigenvalue weighted by Gasteiger charge is -2.39. The normalized spacial score (nSPS) is 21.1. The Labute approximate surface area is 197 Å². The maximum atomic E-state index is 15.1. The molecule has 0 spiro atoms. The van der Waals surface area contributed by atoms with E-state index in [0.29, 0.717) is 6.42 Å². The number of ether oxygens (including phenoxy) is 1. The number of nitrogens with one attached hydrogen (secondary N) is 1. The van der Waals surface area contributed by atoms with Gasteiger partial charge in [-0.15, -0.1) is 0 Å². The van der Waals surface area contributed by atoms with Crippen LogP contribution in [0.15, 0.2) is 27.4 Å². The zero-order chi connectivity index (χ0) is 25.2. The minimum Gasteiger partial charge on any atom is -0.493 e. The molecule has 1 aromatic carbocycles. The van der Waals surface area contributed by atoms with Crippen LogP contribution in [0.1, 0.15) is 39.2 Å². The van der Waals surface area contributed by atoms with Crippen molar-refractivity contribution in [3.8, 4) is 5.75 Å². The van der Waals surface area contributed by atoms with E-state index >= 15 is 8.78 Å². The molecule has 2 aliphatic rings. The molecule has 0 radical (unpaired) electrons. The summed E-state index contributed by atoms with van der Waals surface area (Å²) in [5.41, 5.74) is -1.11. The van der Waals surface area contributed by atoms with Gasteiger partial charge < -0.3 is 15.0 Å². The molecule has 34 heavy (non-hydrogen) atoms. The molecule has 0 bridgehead atoms. The van der Waals surface area contributed by atoms with Gasteiger partial charge in [0.25, 0.3) is 0 Å². The number of hydrazone groups is 1. The highest BCUT2D eigenvalue weighted by Crippen LogP contribution is 2.37. The number of benzene rings is 1. The number of aliphatic imine (C=N–C) groups is 1. The first kappa shape index (κ1) is 26.0. The van der Waals surface area contributed by atoms with E-state index in [2.05, 4.69) is 15.4 Å². The predicted octanol–water partition coefficient (Wildman–Crippen LogP) is 5.21. The number of rotatable bonds is 8. The Bertz CT molecular complexity index is 975. The van der Waals surface area contributed by atoms with Gasteiger partial charge in [-0.05, 0) is 20.3 Å². The summed E-state index contributed by atoms with van der Waals surface area (Å²) in [4.78, 5) is 5.44. The van der Waals surface area contributed by atoms with Crippen molar-refractivity contribution in [1.29, 1.82) is 0 Å². The Morgan fingerprint density at radius 1 is 1.24 bits per heavy atom. The molecule has 1 aromatic rings. The minimum absolute atomic E-state index is 0.0268. The second-order valence-corrected chi connectivity index (χ2v) is 8.19. The van der Waals surface area contributed by atoms with Crippen molar-refractivity contribution in [3.63, 3.8) is 0 Å². The van der Waals surface area contributed by atoms with Crippen LogP contribution in [0.5, 0.6) is 5.75 Å². The van der Waals surface area contributed by atoms with Crippen LogP contribution in [0.3, 0.4) is 0 Å². The molecule has 1 N–H and O–H groups in total. The summed E-state index contributed by atoms with van der Waals surface area (Å²) in [6.45, 7) is 3.83. The van der Waals surface area contributed by atoms with Gasteiger partial charge in [-0.25, -0.2) is 13.8 Å². The molecule has 3 atom stereocenters. The molecule has 0 amide bonds. The molecule has 0 aromatic heterocycles. The van der Waals surface area contributed by atoms with E-state index < -0.39 is 53.8 Å². The van der Waals surface area contributed by atoms with Gasteiger partial charge in [-0.3, -0.25) is 9.38 Å². The molecule has 2 aliphatic heterocycles. The first-order chi connectivity index (χ1) is 16.0. The van der Waals surface area contributed by atoms with Gasteiger partial charge in [0.1, 0.15) is 34.9 Å². The van der Waals surface area contributed by atoms with Gasteiger partial charge in [0.2, 0.25) is 6.29 Å². The van der Waals surface area contributed by atoms with E-state index in [0.717, 1.165) is 24.1 Å². The molecular formula is C21H24ClF6N5O. The second-order valence-electron chi connectivity index (χ2n) is 7.81. The molecule has 0 saturated carbocycles. The van der Waals surface area contributed by atoms with E-state index in [9.17, 15) is 17.6 Å². The van der Waals surface area contributed by atoms with Crippen molar-refractivity contribution in [3.05, 3.63) is 34.5 Å². The summed E-state index contributed by atoms with van der Waals surface area (Å²) in [6, 6.07) is -0.580. The van der Waals surface area contributed by atoms with Crippen molar-refractivity contribution in [2.45, 2.75) is 58.2 Å². The molecular weight excluding hydrogens is 488 g/mol. The average molecular weight is 512 g/mol. The van der Waals surface area contributed by atoms with E-state index in [4.69, 9.17) is 16.3 Å². The van der Waals surface area contributed by atoms with Crippen LogP contribution < -0.4 is 10.1 Å². The monoisotopic (exact) mass is 511 g/mol. The van der Waals surface area contributed by atoms with E-state index in [1.807, 2.05) is 13.8 Å². The first-order valence-electron chi connectivity index (χ1n) is 10.6. The maximum Gasteiger partial charge on any atom is 0.410 e. The number of amidine groups is 1. The van der Waals surface area contributed by atoms with Crippen LogP contribution in [-0.4, -0.2) is 59.9 Å². The van der Waals surface area contributed by atoms with Crippen LogP contribution in [0.4, 0.5) is 26.3 Å². The first-order valence-corrected chi connectivity index (χ1v) is 11.0. The van der Waals surface area contributed by atoms with Gasteiger partial charge >= 0.3 is 6.18 Å². The molecule has 2 heterocycles. The highest BCUT2D eigenvalue weighted by atomic mass is 35.5. The van der Waals surface area contributed by atoms with Crippen molar-refractivity contribution < 1.29 is 31.1 Å². The average Bonchev–Trinajstić information content (AvgIpc) is 3.17. The Hall–Kier alpha value is -2.63. The second kappa shape index (κ2) is 10.3. The van der Waals surface area contributed by atoms with Gasteiger partial charge in [0, 0.05) is 24.6 Å². The summed E-state index contributed by atoms with van der Waals surface area (Å²) in [5.74, 6) is -2.92. The van der Waals surface area contributed by atoms with Crippen molar-refractivity contribution in [2.75, 3.05) is 13.3 Å². The van der Waals surface area contributed by atoms with E-state index in [1.165, 1.54) is 6.34 Å². The van der Waals surface area contributed by atoms with Crippen molar-refractivity contribution in [2.24, 2.45) is 10.1 Å². The predicted molar refractivity (Wildman–Crippen MR) is 117 cm³/mol. The fraction of sp³-hybridized carbons (Fsp3) is 0.524. The number of hydrogen-bond acceptors (Lipinski definition) is 5. The quantitative estimate of drug-likeness (QED) is 0.296. The van der Waals surface area contributed by atoms with Crippen LogP contribution in [-0.2, 0) is 0 Å². The summed E-state index contributed by atoms with van der Waals surface area (Å²) in [7, 11) is 0. The number of halogens is 7. The van der Waals surface area contributed by atoms with Gasteiger partial charge in [0.15, 0.2) is 5.84 Å². The van der Waals surface area contributed by atoms with Gasteiger partial charge in [0.05, 0.1) is 24.4 Å². The largest absolute Gasteiger partial charge is 0.493 e. The molecule has 2 unspecified atom stereocenters. The number of alkyl halides is 4. The Morgan fingerprint density at radius 3 is 2.44 bits per heavy atom. The lowest BCUT2D eigenvalue weighted by atomic mass is 10.0. The van der Waals surface area contributed by atoms with Crippen LogP contribution in [0, 0.1) is 11.6 Å². The molecule has 0 aliphatic carbocycles. The molecule has 6 nitrogen and oxygen atoms in total. The topological polar surface area (TPSA) is 52.5 Å². The third kappa shape index (κ3) is 5.21. The lowest BCUT2D eigenvalue weighted by molar-refractivity contribution is -0.142. The van der Waals surface area contributed by atoms with Crippen molar-refractivity contribution >= 4 is 29.3 Å². The van der Waals surface area contributed by atoms with Crippen LogP contribution in [0.25, 0.3) is 5.57 Å². The fourth-order valence-corrected chi connectivity index (χ4v) is 3.63. The lowest BCUT2D eigenvalue weighted by Crippen LogP contribution is -2.57. The minimum atomic E-state index is -4.71. The maximum absolute atomic E-state index is 15.1. The Kier molecular flexibility index (Phi) is 7.89. The standard InChI is InChI=1S/C21H24ClF6N5O/c1-4-11(2)32-10-29-33-19(30-12(3)21(26,27)28)17(18(22)31-20(32)33)16-14(24)8-13(9-15(16)25)34-7-5-6-23/h8-12,20,31H,4-7H2,1-3H3/t11?,12-,20?/m0/s1. The summed E-state index contributed by atoms with van der Waals surface area (Å²) in [6.07, 6.45) is -3.43. The zero-order valence-corrected chi connectivity index (χ0v) is 19.4. The third-order valence-electron chi connectivity index (χ3n) is 5.44. The number of fused-ring (bicyclic) bond motifs is 1. The molecule has 0 fully saturated rings. The van der Waals surface area contributed by atoms with E-state index in [1.54, 1.807) is 4.90 Å². The zero-order valence-electron chi connectivity index (χ0n) is 18.6. The highest BCUT2D eigenvalue weighted by Gasteiger charge is 2.44. The number of hydrogen-bond donors (Lipinski definition) is 1. The van der Waals surface area contributed by atoms with E-state index in [-0.39, 0.29) is 30.0 Å². The molecule has 188 valence electrons. The number of nitrogens with zero attached hydrogens (tertiary/aromatic N) is 4. The highest BCUT2D eigenvalue weighted by molar-refractivity contribution is 6.40. The van der Waals surface area contributed by atoms with Gasteiger partial charge in [-0.2, -0.15) is 18.3 Å². The fourth-order valence-electron chi connectivity index (χ4n) is 3.36. The molecule has 3 rings (SSSR count). The molecule has 0 saturated heterocycles. The van der Waals surface area contributed by atoms with Crippen LogP contribution in [0.2, 0.25) is 0 Å².